The Morgan fingerprint density at radius 2 is 1.88 bits per heavy atom. The molecule has 0 saturated heterocycles. The Morgan fingerprint density at radius 3 is 2.66 bits per heavy atom. The van der Waals surface area contributed by atoms with E-state index in [1.165, 1.54) is 24.8 Å². The SMILES string of the molecule is COc1ccc(CN2CCc3nnc(CCNC(=O)C4CCCCC4)n3CC2)cc1OC. The maximum atomic E-state index is 12.4. The van der Waals surface area contributed by atoms with E-state index in [1.54, 1.807) is 14.2 Å². The van der Waals surface area contributed by atoms with Crippen molar-refractivity contribution < 1.29 is 14.3 Å². The van der Waals surface area contributed by atoms with Gasteiger partial charge in [0.1, 0.15) is 11.6 Å². The standard InChI is InChI=1S/C24H35N5O3/c1-31-20-9-8-18(16-21(20)32-2)17-28-13-11-23-27-26-22(29(23)15-14-28)10-12-25-24(30)19-6-4-3-5-7-19/h8-9,16,19H,3-7,10-15,17H2,1-2H3,(H,25,30). The van der Waals surface area contributed by atoms with Crippen molar-refractivity contribution in [3.8, 4) is 11.5 Å². The normalized spacial score (nSPS) is 17.4. The number of hydrogen-bond donors (Lipinski definition) is 1. The maximum Gasteiger partial charge on any atom is 0.223 e. The highest BCUT2D eigenvalue weighted by Gasteiger charge is 2.22. The van der Waals surface area contributed by atoms with Crippen LogP contribution in [0.3, 0.4) is 0 Å². The van der Waals surface area contributed by atoms with E-state index in [4.69, 9.17) is 9.47 Å². The summed E-state index contributed by atoms with van der Waals surface area (Å²) in [5.74, 6) is 3.92. The molecule has 2 aromatic rings. The third kappa shape index (κ3) is 5.41. The number of nitrogens with one attached hydrogen (secondary N) is 1. The number of carbonyl (C=O) groups excluding carboxylic acids is 1. The lowest BCUT2D eigenvalue weighted by Gasteiger charge is -2.21. The third-order valence-corrected chi connectivity index (χ3v) is 6.67. The second-order valence-electron chi connectivity index (χ2n) is 8.78. The van der Waals surface area contributed by atoms with E-state index in [2.05, 4.69) is 31.0 Å². The zero-order chi connectivity index (χ0) is 22.3. The second-order valence-corrected chi connectivity index (χ2v) is 8.78. The first-order valence-electron chi connectivity index (χ1n) is 11.8. The Balaban J connectivity index is 1.30. The summed E-state index contributed by atoms with van der Waals surface area (Å²) in [4.78, 5) is 14.8. The van der Waals surface area contributed by atoms with Crippen molar-refractivity contribution in [2.45, 2.75) is 58.0 Å². The molecule has 1 fully saturated rings. The highest BCUT2D eigenvalue weighted by molar-refractivity contribution is 5.78. The van der Waals surface area contributed by atoms with Crippen molar-refractivity contribution in [1.82, 2.24) is 25.0 Å². The number of methoxy groups -OCH3 is 2. The van der Waals surface area contributed by atoms with Crippen molar-refractivity contribution in [2.24, 2.45) is 5.92 Å². The fourth-order valence-electron chi connectivity index (χ4n) is 4.81. The lowest BCUT2D eigenvalue weighted by atomic mass is 9.89. The molecule has 4 rings (SSSR count). The van der Waals surface area contributed by atoms with Gasteiger partial charge in [-0.25, -0.2) is 0 Å². The molecule has 0 atom stereocenters. The van der Waals surface area contributed by atoms with E-state index in [0.29, 0.717) is 6.54 Å². The van der Waals surface area contributed by atoms with E-state index in [1.807, 2.05) is 12.1 Å². The summed E-state index contributed by atoms with van der Waals surface area (Å²) in [6.45, 7) is 4.21. The average Bonchev–Trinajstić information content (AvgIpc) is 3.11. The van der Waals surface area contributed by atoms with Gasteiger partial charge in [-0.05, 0) is 30.5 Å². The van der Waals surface area contributed by atoms with Crippen molar-refractivity contribution in [3.05, 3.63) is 35.4 Å². The number of nitrogens with zero attached hydrogens (tertiary/aromatic N) is 4. The molecule has 8 nitrogen and oxygen atoms in total. The first-order valence-corrected chi connectivity index (χ1v) is 11.8. The highest BCUT2D eigenvalue weighted by Crippen LogP contribution is 2.28. The van der Waals surface area contributed by atoms with E-state index >= 15 is 0 Å². The largest absolute Gasteiger partial charge is 0.493 e. The fourth-order valence-corrected chi connectivity index (χ4v) is 4.81. The van der Waals surface area contributed by atoms with Gasteiger partial charge in [0.2, 0.25) is 5.91 Å². The quantitative estimate of drug-likeness (QED) is 0.678. The summed E-state index contributed by atoms with van der Waals surface area (Å²) in [7, 11) is 3.32. The first-order chi connectivity index (χ1) is 15.7. The zero-order valence-corrected chi connectivity index (χ0v) is 19.3. The van der Waals surface area contributed by atoms with E-state index < -0.39 is 0 Å². The molecule has 1 aliphatic heterocycles. The number of hydrogen-bond acceptors (Lipinski definition) is 6. The molecule has 174 valence electrons. The van der Waals surface area contributed by atoms with Gasteiger partial charge in [-0.3, -0.25) is 9.69 Å². The van der Waals surface area contributed by atoms with Crippen molar-refractivity contribution >= 4 is 5.91 Å². The van der Waals surface area contributed by atoms with E-state index in [-0.39, 0.29) is 11.8 Å². The Morgan fingerprint density at radius 1 is 1.06 bits per heavy atom. The van der Waals surface area contributed by atoms with E-state index in [9.17, 15) is 4.79 Å². The number of ether oxygens (including phenoxy) is 2. The first kappa shape index (κ1) is 22.6. The zero-order valence-electron chi connectivity index (χ0n) is 19.3. The van der Waals surface area contributed by atoms with Gasteiger partial charge >= 0.3 is 0 Å². The second kappa shape index (κ2) is 10.8. The van der Waals surface area contributed by atoms with Crippen molar-refractivity contribution in [2.75, 3.05) is 33.9 Å². The van der Waals surface area contributed by atoms with Gasteiger partial charge in [0, 0.05) is 51.5 Å². The highest BCUT2D eigenvalue weighted by atomic mass is 16.5. The third-order valence-electron chi connectivity index (χ3n) is 6.67. The fraction of sp³-hybridized carbons (Fsp3) is 0.625. The predicted molar refractivity (Wildman–Crippen MR) is 122 cm³/mol. The minimum absolute atomic E-state index is 0.199. The van der Waals surface area contributed by atoms with Crippen LogP contribution < -0.4 is 14.8 Å². The van der Waals surface area contributed by atoms with Crippen LogP contribution in [0.1, 0.15) is 49.3 Å². The van der Waals surface area contributed by atoms with Gasteiger partial charge in [0.25, 0.3) is 0 Å². The molecule has 1 aromatic heterocycles. The molecule has 2 heterocycles. The molecule has 0 radical (unpaired) electrons. The summed E-state index contributed by atoms with van der Waals surface area (Å²) >= 11 is 0. The smallest absolute Gasteiger partial charge is 0.223 e. The van der Waals surface area contributed by atoms with Crippen molar-refractivity contribution in [3.63, 3.8) is 0 Å². The summed E-state index contributed by atoms with van der Waals surface area (Å²) in [5, 5.41) is 12.0. The molecule has 1 amide bonds. The van der Waals surface area contributed by atoms with Gasteiger partial charge in [-0.1, -0.05) is 25.3 Å². The summed E-state index contributed by atoms with van der Waals surface area (Å²) in [6.07, 6.45) is 7.27. The topological polar surface area (TPSA) is 81.5 Å². The van der Waals surface area contributed by atoms with Crippen LogP contribution in [-0.2, 0) is 30.7 Å². The molecular formula is C24H35N5O3. The molecule has 1 saturated carbocycles. The van der Waals surface area contributed by atoms with Crippen LogP contribution in [0.15, 0.2) is 18.2 Å². The van der Waals surface area contributed by atoms with Crippen LogP contribution in [0.4, 0.5) is 0 Å². The minimum atomic E-state index is 0.199. The summed E-state index contributed by atoms with van der Waals surface area (Å²) in [5.41, 5.74) is 1.20. The molecule has 8 heteroatoms. The van der Waals surface area contributed by atoms with Crippen LogP contribution in [0.25, 0.3) is 0 Å². The van der Waals surface area contributed by atoms with Crippen LogP contribution in [0.5, 0.6) is 11.5 Å². The lowest BCUT2D eigenvalue weighted by Crippen LogP contribution is -2.33. The van der Waals surface area contributed by atoms with Gasteiger partial charge in [0.05, 0.1) is 14.2 Å². The Labute approximate surface area is 190 Å². The predicted octanol–water partition coefficient (Wildman–Crippen LogP) is 2.59. The summed E-state index contributed by atoms with van der Waals surface area (Å²) in [6, 6.07) is 6.09. The van der Waals surface area contributed by atoms with Crippen LogP contribution in [0, 0.1) is 5.92 Å². The molecule has 0 unspecified atom stereocenters. The number of amides is 1. The van der Waals surface area contributed by atoms with Crippen LogP contribution in [-0.4, -0.2) is 59.4 Å². The van der Waals surface area contributed by atoms with E-state index in [0.717, 1.165) is 75.0 Å². The van der Waals surface area contributed by atoms with Gasteiger partial charge in [0.15, 0.2) is 11.5 Å². The molecule has 0 bridgehead atoms. The van der Waals surface area contributed by atoms with Gasteiger partial charge in [-0.15, -0.1) is 10.2 Å². The molecule has 1 N–H and O–H groups in total. The maximum absolute atomic E-state index is 12.4. The van der Waals surface area contributed by atoms with Gasteiger partial charge < -0.3 is 19.4 Å². The number of rotatable bonds is 8. The number of benzene rings is 1. The lowest BCUT2D eigenvalue weighted by molar-refractivity contribution is -0.125. The molecule has 0 spiro atoms. The number of aromatic nitrogens is 3. The Bertz CT molecular complexity index is 907. The Hall–Kier alpha value is -2.61. The number of carbonyl (C=O) groups is 1. The molecule has 2 aliphatic rings. The minimum Gasteiger partial charge on any atom is -0.493 e. The summed E-state index contributed by atoms with van der Waals surface area (Å²) < 4.78 is 13.0. The average molecular weight is 442 g/mol. The Kier molecular flexibility index (Phi) is 7.63. The monoisotopic (exact) mass is 441 g/mol. The molecule has 1 aliphatic carbocycles. The molecular weight excluding hydrogens is 406 g/mol. The molecule has 1 aromatic carbocycles. The molecule has 32 heavy (non-hydrogen) atoms. The number of fused-ring (bicyclic) bond motifs is 1. The van der Waals surface area contributed by atoms with Crippen molar-refractivity contribution in [1.29, 1.82) is 0 Å². The van der Waals surface area contributed by atoms with Crippen LogP contribution in [0.2, 0.25) is 0 Å². The van der Waals surface area contributed by atoms with Crippen LogP contribution >= 0.6 is 0 Å². The van der Waals surface area contributed by atoms with Gasteiger partial charge in [-0.2, -0.15) is 0 Å².